The van der Waals surface area contributed by atoms with Gasteiger partial charge in [0.15, 0.2) is 0 Å². The van der Waals surface area contributed by atoms with Crippen LogP contribution in [0, 0.1) is 0 Å². The summed E-state index contributed by atoms with van der Waals surface area (Å²) in [5.74, 6) is 0.555. The van der Waals surface area contributed by atoms with Crippen molar-refractivity contribution in [2.75, 3.05) is 23.9 Å². The molecule has 0 unspecified atom stereocenters. The highest BCUT2D eigenvalue weighted by molar-refractivity contribution is 7.11. The quantitative estimate of drug-likeness (QED) is 0.509. The van der Waals surface area contributed by atoms with Crippen molar-refractivity contribution in [3.8, 4) is 11.5 Å². The van der Waals surface area contributed by atoms with E-state index in [4.69, 9.17) is 9.47 Å². The van der Waals surface area contributed by atoms with Gasteiger partial charge in [0.05, 0.1) is 25.0 Å². The lowest BCUT2D eigenvalue weighted by Crippen LogP contribution is -2.32. The fourth-order valence-corrected chi connectivity index (χ4v) is 4.05. The van der Waals surface area contributed by atoms with Crippen LogP contribution in [0.2, 0.25) is 0 Å². The second-order valence-electron chi connectivity index (χ2n) is 6.87. The molecule has 3 aromatic rings. The van der Waals surface area contributed by atoms with Gasteiger partial charge in [-0.05, 0) is 54.3 Å². The fourth-order valence-electron chi connectivity index (χ4n) is 3.28. The maximum absolute atomic E-state index is 13.4. The van der Waals surface area contributed by atoms with Gasteiger partial charge >= 0.3 is 0 Å². The van der Waals surface area contributed by atoms with Gasteiger partial charge in [-0.2, -0.15) is 0 Å². The second kappa shape index (κ2) is 9.06. The molecule has 1 aromatic heterocycles. The number of thiophene rings is 1. The zero-order valence-corrected chi connectivity index (χ0v) is 18.1. The van der Waals surface area contributed by atoms with Gasteiger partial charge in [-0.15, -0.1) is 11.3 Å². The number of carbonyl (C=O) groups excluding carboxylic acids is 2. The summed E-state index contributed by atoms with van der Waals surface area (Å²) in [7, 11) is 1.59. The smallest absolute Gasteiger partial charge is 0.282 e. The number of nitrogens with zero attached hydrogens (tertiary/aromatic N) is 1. The largest absolute Gasteiger partial charge is 0.497 e. The standard InChI is InChI=1S/C24H22N2O4S/c1-3-13-30-19-7-4-6-17(15-19)26-23(27)21(20-8-5-14-31-20)22(24(26)28)25-16-9-11-18(29-2)12-10-16/h4-12,14-15,25H,3,13H2,1-2H3. The third-order valence-corrected chi connectivity index (χ3v) is 5.65. The van der Waals surface area contributed by atoms with Gasteiger partial charge < -0.3 is 14.8 Å². The van der Waals surface area contributed by atoms with Crippen molar-refractivity contribution in [2.24, 2.45) is 0 Å². The van der Waals surface area contributed by atoms with Crippen LogP contribution < -0.4 is 19.7 Å². The molecule has 4 rings (SSSR count). The number of hydrogen-bond acceptors (Lipinski definition) is 6. The van der Waals surface area contributed by atoms with E-state index in [2.05, 4.69) is 5.32 Å². The van der Waals surface area contributed by atoms with Crippen molar-refractivity contribution < 1.29 is 19.1 Å². The van der Waals surface area contributed by atoms with E-state index >= 15 is 0 Å². The average molecular weight is 435 g/mol. The zero-order chi connectivity index (χ0) is 21.8. The first-order valence-corrected chi connectivity index (χ1v) is 10.8. The van der Waals surface area contributed by atoms with E-state index in [0.29, 0.717) is 35.1 Å². The molecule has 0 aliphatic carbocycles. The highest BCUT2D eigenvalue weighted by Gasteiger charge is 2.40. The van der Waals surface area contributed by atoms with Crippen molar-refractivity contribution in [3.63, 3.8) is 0 Å². The molecular formula is C24H22N2O4S. The predicted molar refractivity (Wildman–Crippen MR) is 123 cm³/mol. The molecule has 0 spiro atoms. The number of methoxy groups -OCH3 is 1. The van der Waals surface area contributed by atoms with Crippen molar-refractivity contribution in [2.45, 2.75) is 13.3 Å². The van der Waals surface area contributed by atoms with Crippen LogP contribution in [0.5, 0.6) is 11.5 Å². The minimum Gasteiger partial charge on any atom is -0.497 e. The van der Waals surface area contributed by atoms with E-state index in [1.165, 1.54) is 16.2 Å². The van der Waals surface area contributed by atoms with Crippen LogP contribution in [0.15, 0.2) is 71.7 Å². The van der Waals surface area contributed by atoms with Crippen LogP contribution >= 0.6 is 11.3 Å². The maximum atomic E-state index is 13.4. The molecule has 2 heterocycles. The Hall–Kier alpha value is -3.58. The molecule has 31 heavy (non-hydrogen) atoms. The normalized spacial score (nSPS) is 13.7. The summed E-state index contributed by atoms with van der Waals surface area (Å²) in [5.41, 5.74) is 1.77. The van der Waals surface area contributed by atoms with Gasteiger partial charge in [-0.3, -0.25) is 9.59 Å². The van der Waals surface area contributed by atoms with Gasteiger partial charge in [0.2, 0.25) is 0 Å². The molecule has 1 N–H and O–H groups in total. The molecule has 6 nitrogen and oxygen atoms in total. The summed E-state index contributed by atoms with van der Waals surface area (Å²) in [6.07, 6.45) is 0.867. The summed E-state index contributed by atoms with van der Waals surface area (Å²) < 4.78 is 10.9. The van der Waals surface area contributed by atoms with Crippen molar-refractivity contribution in [1.29, 1.82) is 0 Å². The van der Waals surface area contributed by atoms with E-state index in [1.807, 2.05) is 30.5 Å². The Balaban J connectivity index is 1.71. The monoisotopic (exact) mass is 434 g/mol. The topological polar surface area (TPSA) is 67.9 Å². The predicted octanol–water partition coefficient (Wildman–Crippen LogP) is 4.94. The van der Waals surface area contributed by atoms with Crippen LogP contribution in [0.4, 0.5) is 11.4 Å². The number of amides is 2. The zero-order valence-electron chi connectivity index (χ0n) is 17.3. The van der Waals surface area contributed by atoms with Crippen LogP contribution in [0.25, 0.3) is 5.57 Å². The molecular weight excluding hydrogens is 412 g/mol. The van der Waals surface area contributed by atoms with Gasteiger partial charge in [-0.1, -0.05) is 19.1 Å². The molecule has 2 aromatic carbocycles. The Bertz CT molecular complexity index is 1120. The number of benzene rings is 2. The van der Waals surface area contributed by atoms with Crippen LogP contribution in [0.3, 0.4) is 0 Å². The maximum Gasteiger partial charge on any atom is 0.282 e. The van der Waals surface area contributed by atoms with E-state index < -0.39 is 5.91 Å². The third-order valence-electron chi connectivity index (χ3n) is 4.76. The Morgan fingerprint density at radius 1 is 0.968 bits per heavy atom. The molecule has 0 bridgehead atoms. The highest BCUT2D eigenvalue weighted by atomic mass is 32.1. The van der Waals surface area contributed by atoms with E-state index in [0.717, 1.165) is 11.3 Å². The Labute approximate surface area is 184 Å². The average Bonchev–Trinajstić information content (AvgIpc) is 3.39. The molecule has 0 saturated heterocycles. The molecule has 158 valence electrons. The second-order valence-corrected chi connectivity index (χ2v) is 7.82. The molecule has 0 saturated carbocycles. The summed E-state index contributed by atoms with van der Waals surface area (Å²) in [5, 5.41) is 5.03. The molecule has 7 heteroatoms. The van der Waals surface area contributed by atoms with Gasteiger partial charge in [0.25, 0.3) is 11.8 Å². The lowest BCUT2D eigenvalue weighted by molar-refractivity contribution is -0.120. The molecule has 2 amide bonds. The summed E-state index contributed by atoms with van der Waals surface area (Å²) in [4.78, 5) is 28.7. The van der Waals surface area contributed by atoms with Crippen LogP contribution in [-0.4, -0.2) is 25.5 Å². The number of nitrogens with one attached hydrogen (secondary N) is 1. The summed E-state index contributed by atoms with van der Waals surface area (Å²) in [6.45, 7) is 2.58. The number of hydrogen-bond donors (Lipinski definition) is 1. The molecule has 1 aliphatic heterocycles. The van der Waals surface area contributed by atoms with Gasteiger partial charge in [-0.25, -0.2) is 4.90 Å². The molecule has 1 aliphatic rings. The molecule has 0 atom stereocenters. The lowest BCUT2D eigenvalue weighted by atomic mass is 10.2. The minimum atomic E-state index is -0.406. The third kappa shape index (κ3) is 4.18. The van der Waals surface area contributed by atoms with Crippen LogP contribution in [0.1, 0.15) is 18.2 Å². The fraction of sp³-hybridized carbons (Fsp3) is 0.167. The number of carbonyl (C=O) groups is 2. The van der Waals surface area contributed by atoms with Crippen LogP contribution in [-0.2, 0) is 9.59 Å². The van der Waals surface area contributed by atoms with E-state index in [1.54, 1.807) is 49.6 Å². The molecule has 0 fully saturated rings. The molecule has 0 radical (unpaired) electrons. The first-order chi connectivity index (χ1) is 15.1. The summed E-state index contributed by atoms with van der Waals surface area (Å²) >= 11 is 1.42. The van der Waals surface area contributed by atoms with E-state index in [9.17, 15) is 9.59 Å². The van der Waals surface area contributed by atoms with Gasteiger partial charge in [0, 0.05) is 16.6 Å². The lowest BCUT2D eigenvalue weighted by Gasteiger charge is -2.16. The Morgan fingerprint density at radius 3 is 2.45 bits per heavy atom. The number of rotatable bonds is 8. The van der Waals surface area contributed by atoms with E-state index in [-0.39, 0.29) is 11.6 Å². The Morgan fingerprint density at radius 2 is 1.77 bits per heavy atom. The number of anilines is 2. The first kappa shape index (κ1) is 20.7. The van der Waals surface area contributed by atoms with Crippen molar-refractivity contribution in [3.05, 3.63) is 76.6 Å². The minimum absolute atomic E-state index is 0.248. The van der Waals surface area contributed by atoms with Crippen molar-refractivity contribution >= 4 is 40.1 Å². The first-order valence-electron chi connectivity index (χ1n) is 9.93. The SMILES string of the molecule is CCCOc1cccc(N2C(=O)C(Nc3ccc(OC)cc3)=C(c3cccs3)C2=O)c1. The van der Waals surface area contributed by atoms with Gasteiger partial charge in [0.1, 0.15) is 17.2 Å². The summed E-state index contributed by atoms with van der Waals surface area (Å²) in [6, 6.07) is 17.9. The number of ether oxygens (including phenoxy) is 2. The number of imide groups is 1. The highest BCUT2D eigenvalue weighted by Crippen LogP contribution is 2.36. The Kier molecular flexibility index (Phi) is 6.04. The van der Waals surface area contributed by atoms with Crippen molar-refractivity contribution in [1.82, 2.24) is 0 Å².